The van der Waals surface area contributed by atoms with Gasteiger partial charge in [-0.05, 0) is 24.3 Å². The molecular weight excluding hydrogens is 276 g/mol. The van der Waals surface area contributed by atoms with E-state index >= 15 is 0 Å². The van der Waals surface area contributed by atoms with Crippen LogP contribution in [0.3, 0.4) is 0 Å². The number of carbonyl (C=O) groups is 1. The summed E-state index contributed by atoms with van der Waals surface area (Å²) >= 11 is 0. The quantitative estimate of drug-likeness (QED) is 0.502. The molecule has 0 unspecified atom stereocenters. The van der Waals surface area contributed by atoms with Crippen LogP contribution >= 0.6 is 0 Å². The Morgan fingerprint density at radius 1 is 0.864 bits per heavy atom. The first kappa shape index (κ1) is 12.7. The highest BCUT2D eigenvalue weighted by Gasteiger charge is 2.14. The lowest BCUT2D eigenvalue weighted by molar-refractivity contribution is 0.101. The van der Waals surface area contributed by atoms with Gasteiger partial charge in [0.1, 0.15) is 11.3 Å². The van der Waals surface area contributed by atoms with Crippen molar-refractivity contribution in [3.63, 3.8) is 0 Å². The van der Waals surface area contributed by atoms with E-state index in [9.17, 15) is 4.79 Å². The number of rotatable bonds is 3. The van der Waals surface area contributed by atoms with Crippen molar-refractivity contribution in [2.24, 2.45) is 0 Å². The van der Waals surface area contributed by atoms with Crippen LogP contribution in [0.15, 0.2) is 81.8 Å². The molecule has 0 aliphatic heterocycles. The molecule has 0 bridgehead atoms. The average Bonchev–Trinajstić information content (AvgIpc) is 3.23. The molecule has 0 aliphatic carbocycles. The highest BCUT2D eigenvalue weighted by molar-refractivity contribution is 6.09. The SMILES string of the molecule is O=C(c1ccc(-c2ccco2)cc1)c1cc2ccccc2o1. The smallest absolute Gasteiger partial charge is 0.228 e. The zero-order chi connectivity index (χ0) is 14.9. The summed E-state index contributed by atoms with van der Waals surface area (Å²) in [6, 6.07) is 20.4. The second kappa shape index (κ2) is 5.04. The summed E-state index contributed by atoms with van der Waals surface area (Å²) in [6.07, 6.45) is 1.63. The van der Waals surface area contributed by atoms with E-state index in [1.54, 1.807) is 24.5 Å². The summed E-state index contributed by atoms with van der Waals surface area (Å²) in [7, 11) is 0. The lowest BCUT2D eigenvalue weighted by atomic mass is 10.1. The zero-order valence-corrected chi connectivity index (χ0v) is 11.7. The third kappa shape index (κ3) is 2.13. The summed E-state index contributed by atoms with van der Waals surface area (Å²) in [5, 5.41) is 0.929. The van der Waals surface area contributed by atoms with Gasteiger partial charge in [0.15, 0.2) is 5.76 Å². The topological polar surface area (TPSA) is 43.4 Å². The maximum absolute atomic E-state index is 12.5. The maximum atomic E-state index is 12.5. The van der Waals surface area contributed by atoms with E-state index in [1.807, 2.05) is 48.5 Å². The molecule has 3 heteroatoms. The highest BCUT2D eigenvalue weighted by atomic mass is 16.3. The van der Waals surface area contributed by atoms with Crippen LogP contribution in [0, 0.1) is 0 Å². The van der Waals surface area contributed by atoms with Crippen molar-refractivity contribution in [1.82, 2.24) is 0 Å². The third-order valence-corrected chi connectivity index (χ3v) is 3.60. The van der Waals surface area contributed by atoms with Gasteiger partial charge in [-0.1, -0.05) is 42.5 Å². The largest absolute Gasteiger partial charge is 0.464 e. The third-order valence-electron chi connectivity index (χ3n) is 3.60. The van der Waals surface area contributed by atoms with Crippen molar-refractivity contribution in [3.05, 3.63) is 84.3 Å². The van der Waals surface area contributed by atoms with E-state index in [0.717, 1.165) is 22.3 Å². The number of hydrogen-bond acceptors (Lipinski definition) is 3. The van der Waals surface area contributed by atoms with E-state index in [2.05, 4.69) is 0 Å². The van der Waals surface area contributed by atoms with E-state index in [1.165, 1.54) is 0 Å². The van der Waals surface area contributed by atoms with Gasteiger partial charge < -0.3 is 8.83 Å². The first-order valence-electron chi connectivity index (χ1n) is 6.98. The Bertz CT molecular complexity index is 895. The molecular formula is C19H12O3. The fourth-order valence-electron chi connectivity index (χ4n) is 2.46. The van der Waals surface area contributed by atoms with Crippen LogP contribution in [0.25, 0.3) is 22.3 Å². The zero-order valence-electron chi connectivity index (χ0n) is 11.7. The molecule has 2 aromatic heterocycles. The van der Waals surface area contributed by atoms with Gasteiger partial charge in [-0.2, -0.15) is 0 Å². The van der Waals surface area contributed by atoms with Crippen LogP contribution in [0.5, 0.6) is 0 Å². The van der Waals surface area contributed by atoms with Crippen LogP contribution in [0.4, 0.5) is 0 Å². The van der Waals surface area contributed by atoms with Crippen molar-refractivity contribution in [2.75, 3.05) is 0 Å². The Labute approximate surface area is 126 Å². The molecule has 2 heterocycles. The summed E-state index contributed by atoms with van der Waals surface area (Å²) in [4.78, 5) is 12.5. The van der Waals surface area contributed by atoms with Crippen molar-refractivity contribution in [2.45, 2.75) is 0 Å². The van der Waals surface area contributed by atoms with Crippen molar-refractivity contribution in [1.29, 1.82) is 0 Å². The van der Waals surface area contributed by atoms with Gasteiger partial charge >= 0.3 is 0 Å². The monoisotopic (exact) mass is 288 g/mol. The fourth-order valence-corrected chi connectivity index (χ4v) is 2.46. The lowest BCUT2D eigenvalue weighted by Crippen LogP contribution is -1.98. The molecule has 3 nitrogen and oxygen atoms in total. The Balaban J connectivity index is 1.67. The fraction of sp³-hybridized carbons (Fsp3) is 0. The second-order valence-electron chi connectivity index (χ2n) is 5.03. The second-order valence-corrected chi connectivity index (χ2v) is 5.03. The Morgan fingerprint density at radius 3 is 2.41 bits per heavy atom. The van der Waals surface area contributed by atoms with Crippen molar-refractivity contribution in [3.8, 4) is 11.3 Å². The molecule has 0 radical (unpaired) electrons. The average molecular weight is 288 g/mol. The minimum absolute atomic E-state index is 0.123. The van der Waals surface area contributed by atoms with E-state index < -0.39 is 0 Å². The van der Waals surface area contributed by atoms with Crippen molar-refractivity contribution >= 4 is 16.8 Å². The first-order valence-corrected chi connectivity index (χ1v) is 6.98. The number of para-hydroxylation sites is 1. The maximum Gasteiger partial charge on any atom is 0.228 e. The Hall–Kier alpha value is -3.07. The molecule has 4 aromatic rings. The van der Waals surface area contributed by atoms with Crippen LogP contribution in [-0.2, 0) is 0 Å². The van der Waals surface area contributed by atoms with E-state index in [4.69, 9.17) is 8.83 Å². The van der Waals surface area contributed by atoms with Gasteiger partial charge in [0.05, 0.1) is 6.26 Å². The highest BCUT2D eigenvalue weighted by Crippen LogP contribution is 2.23. The van der Waals surface area contributed by atoms with Crippen LogP contribution in [0.1, 0.15) is 16.1 Å². The number of ketones is 1. The van der Waals surface area contributed by atoms with Crippen LogP contribution < -0.4 is 0 Å². The number of hydrogen-bond donors (Lipinski definition) is 0. The van der Waals surface area contributed by atoms with Gasteiger partial charge in [-0.15, -0.1) is 0 Å². The standard InChI is InChI=1S/C19H12O3/c20-19(18-12-15-4-1-2-5-17(15)22-18)14-9-7-13(8-10-14)16-6-3-11-21-16/h1-12H. The van der Waals surface area contributed by atoms with Gasteiger partial charge in [0.2, 0.25) is 5.78 Å². The lowest BCUT2D eigenvalue weighted by Gasteiger charge is -2.00. The minimum atomic E-state index is -0.123. The molecule has 2 aromatic carbocycles. The number of benzene rings is 2. The van der Waals surface area contributed by atoms with Crippen molar-refractivity contribution < 1.29 is 13.6 Å². The van der Waals surface area contributed by atoms with Gasteiger partial charge in [0.25, 0.3) is 0 Å². The molecule has 0 atom stereocenters. The number of fused-ring (bicyclic) bond motifs is 1. The molecule has 4 rings (SSSR count). The normalized spacial score (nSPS) is 10.9. The summed E-state index contributed by atoms with van der Waals surface area (Å²) in [6.45, 7) is 0. The predicted molar refractivity (Wildman–Crippen MR) is 83.8 cm³/mol. The molecule has 0 spiro atoms. The summed E-state index contributed by atoms with van der Waals surface area (Å²) in [5.41, 5.74) is 2.25. The minimum Gasteiger partial charge on any atom is -0.464 e. The summed E-state index contributed by atoms with van der Waals surface area (Å²) in [5.74, 6) is 1.01. The van der Waals surface area contributed by atoms with Gasteiger partial charge in [-0.25, -0.2) is 0 Å². The summed E-state index contributed by atoms with van der Waals surface area (Å²) < 4.78 is 11.0. The molecule has 106 valence electrons. The first-order chi connectivity index (χ1) is 10.8. The molecule has 0 fully saturated rings. The van der Waals surface area contributed by atoms with E-state index in [-0.39, 0.29) is 5.78 Å². The predicted octanol–water partition coefficient (Wildman–Crippen LogP) is 4.92. The number of carbonyl (C=O) groups excluding carboxylic acids is 1. The molecule has 22 heavy (non-hydrogen) atoms. The van der Waals surface area contributed by atoms with Gasteiger partial charge in [0, 0.05) is 16.5 Å². The van der Waals surface area contributed by atoms with Crippen LogP contribution in [0.2, 0.25) is 0 Å². The number of furan rings is 2. The molecule has 0 saturated heterocycles. The Morgan fingerprint density at radius 2 is 1.68 bits per heavy atom. The Kier molecular flexibility index (Phi) is 2.90. The van der Waals surface area contributed by atoms with E-state index in [0.29, 0.717) is 11.3 Å². The van der Waals surface area contributed by atoms with Gasteiger partial charge in [-0.3, -0.25) is 4.79 Å². The van der Waals surface area contributed by atoms with Crippen LogP contribution in [-0.4, -0.2) is 5.78 Å². The molecule has 0 aliphatic rings. The molecule has 0 N–H and O–H groups in total. The molecule has 0 amide bonds. The molecule has 0 saturated carbocycles.